The minimum absolute atomic E-state index is 0. The molecule has 0 radical (unpaired) electrons. The molecule has 0 aliphatic rings. The Morgan fingerprint density at radius 1 is 0.333 bits per heavy atom. The van der Waals surface area contributed by atoms with Gasteiger partial charge >= 0.3 is 225 Å². The molecule has 4 aromatic rings. The van der Waals surface area contributed by atoms with E-state index in [2.05, 4.69) is 34.6 Å². The van der Waals surface area contributed by atoms with Crippen LogP contribution in [0.1, 0.15) is 55.4 Å². The summed E-state index contributed by atoms with van der Waals surface area (Å²) >= 11 is 0. The third-order valence-electron chi connectivity index (χ3n) is 13.2. The zero-order chi connectivity index (χ0) is 81.0. The maximum Gasteiger partial charge on any atom is 1.00 e. The summed E-state index contributed by atoms with van der Waals surface area (Å²) in [5, 5.41) is 23.9. The van der Waals surface area contributed by atoms with E-state index in [0.717, 1.165) is 97.1 Å². The fraction of sp³-hybridized carbons (Fsp3) is 0.358. The Morgan fingerprint density at radius 3 is 0.842 bits per heavy atom. The predicted octanol–water partition coefficient (Wildman–Crippen LogP) is -28.5. The van der Waals surface area contributed by atoms with Crippen molar-refractivity contribution in [3.8, 4) is 23.0 Å². The van der Waals surface area contributed by atoms with E-state index >= 15 is 0 Å². The summed E-state index contributed by atoms with van der Waals surface area (Å²) in [6.45, 7) is 1.03. The second-order valence-electron chi connectivity index (χ2n) is 22.2. The quantitative estimate of drug-likeness (QED) is 0.0113. The number of carbonyl (C=O) groups excluding carboxylic acids is 9. The number of carboxylic acids is 1. The van der Waals surface area contributed by atoms with E-state index < -0.39 is 261 Å². The number of carbonyl (C=O) groups is 10. The molecule has 47 nitrogen and oxygen atoms in total. The molecule has 0 spiro atoms. The molecule has 0 aromatic heterocycles. The van der Waals surface area contributed by atoms with Crippen LogP contribution >= 0.6 is 0 Å². The second-order valence-corrected chi connectivity index (χ2v) is 29.1. The van der Waals surface area contributed by atoms with Gasteiger partial charge in [0.2, 0.25) is 51.7 Å². The van der Waals surface area contributed by atoms with Gasteiger partial charge in [0.25, 0.3) is 62.4 Å². The van der Waals surface area contributed by atoms with Gasteiger partial charge in [-0.15, -0.1) is 0 Å². The maximum absolute atomic E-state index is 14.6. The zero-order valence-corrected chi connectivity index (χ0v) is 80.7. The van der Waals surface area contributed by atoms with Gasteiger partial charge in [-0.1, -0.05) is 62.4 Å². The molecule has 4 rings (SSSR count). The fourth-order valence-corrected chi connectivity index (χ4v) is 11.1. The van der Waals surface area contributed by atoms with Crippen molar-refractivity contribution in [1.29, 1.82) is 0 Å². The molecular formula is C53H57N8Na7O39S7. The number of hydrogen-bond acceptors (Lipinski definition) is 39. The number of aliphatic carboxylic acids is 1. The number of benzene rings is 4. The average Bonchev–Trinajstić information content (AvgIpc) is 0.843. The van der Waals surface area contributed by atoms with Crippen LogP contribution in [0.3, 0.4) is 0 Å². The Bertz CT molecular complexity index is 4810. The molecule has 592 valence electrons. The molecule has 0 unspecified atom stereocenters. The van der Waals surface area contributed by atoms with Crippen molar-refractivity contribution in [3.05, 3.63) is 119 Å². The third-order valence-corrected chi connectivity index (χ3v) is 16.0. The summed E-state index contributed by atoms with van der Waals surface area (Å²) in [6.07, 6.45) is -7.23. The molecule has 8 atom stereocenters. The van der Waals surface area contributed by atoms with Crippen LogP contribution in [0, 0.1) is 5.92 Å². The van der Waals surface area contributed by atoms with Crippen molar-refractivity contribution in [1.82, 2.24) is 37.2 Å². The van der Waals surface area contributed by atoms with E-state index in [1.807, 2.05) is 31.9 Å². The Hall–Kier alpha value is -2.93. The molecule has 0 heterocycles. The van der Waals surface area contributed by atoms with E-state index in [1.165, 1.54) is 13.8 Å². The molecule has 0 fully saturated rings. The summed E-state index contributed by atoms with van der Waals surface area (Å²) in [4.78, 5) is 138. The summed E-state index contributed by atoms with van der Waals surface area (Å²) < 4.78 is 267. The van der Waals surface area contributed by atoms with Crippen LogP contribution in [0.4, 0.5) is 0 Å². The Labute approximate surface area is 805 Å². The molecule has 0 saturated carbocycles. The van der Waals surface area contributed by atoms with Crippen LogP contribution < -0.4 is 267 Å². The van der Waals surface area contributed by atoms with Crippen molar-refractivity contribution in [2.24, 2.45) is 11.7 Å². The van der Waals surface area contributed by atoms with Crippen molar-refractivity contribution < 1.29 is 380 Å². The van der Waals surface area contributed by atoms with Crippen LogP contribution in [0.5, 0.6) is 23.0 Å². The van der Waals surface area contributed by atoms with E-state index in [4.69, 9.17) is 5.73 Å². The summed E-state index contributed by atoms with van der Waals surface area (Å²) in [7, 11) is -39.3. The number of nitrogens with two attached hydrogens (primary N) is 1. The first kappa shape index (κ1) is 117. The van der Waals surface area contributed by atoms with E-state index in [1.54, 1.807) is 0 Å². The molecule has 7 amide bonds. The van der Waals surface area contributed by atoms with Crippen molar-refractivity contribution >= 4 is 132 Å². The van der Waals surface area contributed by atoms with Gasteiger partial charge in [-0.2, -0.15) is 0 Å². The molecule has 4 aromatic carbocycles. The Kier molecular flexibility index (Phi) is 54.0. The zero-order valence-electron chi connectivity index (χ0n) is 61.0. The van der Waals surface area contributed by atoms with E-state index in [9.17, 15) is 144 Å². The molecule has 0 saturated heterocycles. The third kappa shape index (κ3) is 49.1. The summed E-state index contributed by atoms with van der Waals surface area (Å²) in [6, 6.07) is -3.30. The Balaban J connectivity index is -0.00000864. The topological polar surface area (TPSA) is 766 Å². The molecular weight excluding hydrogens is 1760 g/mol. The standard InChI is InChI=1S/C53H64N8O39S7.7Na/c1-27(2)19-37(47(65)58-41(25-45(63)100-107(91,92)93)51(69)56-39(22-30-7-15-34(16-8-30)97-104(82,83)84)49(67)60-42(53(71)72)23-31-9-17-35(18-10-31)98-105(85,86)87)55-50(68)40(24-44(62)99-106(88,89)90)59-48(66)38(21-29-5-13-33(14-6-29)96-103(79,80)81)57-52(70)43(26-94-101(73,74)75)61-46(64)36(54)20-28-3-11-32(12-4-28)95-102(76,77)78;;;;;;;/h3-18,27,36-43H,19-26,54H2,1-2H3,(H,55,68)(H,56,69)(H,57,70)(H,58,65)(H,59,66)(H,60,67)(H,61,64)(H,71,72)(H,73,74,75)(H,76,77,78)(H,79,80,81)(H,82,83,84)(H,85,86,87)(H,88,89,90)(H,91,92,93);;;;;;;/q;7*+1/p-7/t36-,37-,38-,39-,40-,41-,42-,43-;;;;;;;/m0......./s1. The molecule has 114 heavy (non-hydrogen) atoms. The Morgan fingerprint density at radius 2 is 0.570 bits per heavy atom. The van der Waals surface area contributed by atoms with Gasteiger partial charge in [0.1, 0.15) is 65.3 Å². The first-order chi connectivity index (χ1) is 49.0. The van der Waals surface area contributed by atoms with Gasteiger partial charge in [-0.05, 0) is 89.5 Å². The van der Waals surface area contributed by atoms with Gasteiger partial charge in [0.15, 0.2) is 0 Å². The fourth-order valence-electron chi connectivity index (χ4n) is 8.87. The normalized spacial score (nSPS) is 13.5. The smallest absolute Gasteiger partial charge is 0.726 e. The SMILES string of the molecule is CC(C)C[C@H](NC(=O)[C@H](CC(=O)OS(=O)(=O)[O-])NC(=O)[C@H](Cc1ccc(OS(=O)(=O)[O-])cc1)NC(=O)[C@H](COS(=O)(=O)[O-])NC(=O)[C@@H](N)Cc1ccc(OS(=O)(=O)[O-])cc1)C(=O)N[C@@H](CC(=O)OS(=O)(=O)[O-])C(=O)N[C@@H](Cc1ccc(OS(=O)(=O)[O-])cc1)C(=O)N[C@@H](Cc1ccc(OS(=O)(=O)[O-])cc1)C(=O)O.[Na+].[Na+].[Na+].[Na+].[Na+].[Na+].[Na+]. The number of amides is 7. The minimum Gasteiger partial charge on any atom is -0.726 e. The number of carboxylic acid groups (broad SMARTS) is 1. The molecule has 0 aliphatic heterocycles. The molecule has 10 N–H and O–H groups in total. The number of nitrogens with one attached hydrogen (secondary N) is 7. The first-order valence-corrected chi connectivity index (χ1v) is 38.4. The van der Waals surface area contributed by atoms with Crippen LogP contribution in [-0.4, -0.2) is 210 Å². The van der Waals surface area contributed by atoms with Gasteiger partial charge < -0.3 is 105 Å². The van der Waals surface area contributed by atoms with Crippen LogP contribution in [-0.2, 0) is 159 Å². The number of hydrogen-bond donors (Lipinski definition) is 9. The average molecular weight is 1820 g/mol. The van der Waals surface area contributed by atoms with Crippen molar-refractivity contribution in [3.63, 3.8) is 0 Å². The van der Waals surface area contributed by atoms with Gasteiger partial charge in [0, 0.05) is 19.3 Å². The molecule has 61 heteroatoms. The first-order valence-electron chi connectivity index (χ1n) is 29.1. The summed E-state index contributed by atoms with van der Waals surface area (Å²) in [5.41, 5.74) is 5.73. The van der Waals surface area contributed by atoms with Gasteiger partial charge in [-0.25, -0.2) is 63.7 Å². The number of rotatable bonds is 42. The molecule has 0 bridgehead atoms. The van der Waals surface area contributed by atoms with E-state index in [-0.39, 0.29) is 229 Å². The van der Waals surface area contributed by atoms with Gasteiger partial charge in [0.05, 0.1) is 25.5 Å². The van der Waals surface area contributed by atoms with Crippen molar-refractivity contribution in [2.45, 2.75) is 107 Å². The van der Waals surface area contributed by atoms with Gasteiger partial charge in [-0.3, -0.25) is 47.3 Å². The van der Waals surface area contributed by atoms with Crippen LogP contribution in [0.15, 0.2) is 97.1 Å². The predicted molar refractivity (Wildman–Crippen MR) is 337 cm³/mol. The second kappa shape index (κ2) is 52.4. The monoisotopic (exact) mass is 1810 g/mol. The van der Waals surface area contributed by atoms with Crippen LogP contribution in [0.2, 0.25) is 0 Å². The largest absolute Gasteiger partial charge is 1.00 e. The van der Waals surface area contributed by atoms with Crippen molar-refractivity contribution in [2.75, 3.05) is 6.61 Å². The molecule has 0 aliphatic carbocycles. The van der Waals surface area contributed by atoms with Crippen LogP contribution in [0.25, 0.3) is 0 Å². The van der Waals surface area contributed by atoms with E-state index in [0.29, 0.717) is 0 Å². The summed E-state index contributed by atoms with van der Waals surface area (Å²) in [5.74, 6) is -21.0. The minimum atomic E-state index is -6.08. The maximum atomic E-state index is 14.6.